The number of hydrogen-bond acceptors (Lipinski definition) is 4. The third kappa shape index (κ3) is 6.00. The van der Waals surface area contributed by atoms with Gasteiger partial charge in [0.15, 0.2) is 0 Å². The van der Waals surface area contributed by atoms with Gasteiger partial charge in [0.25, 0.3) is 5.91 Å². The predicted molar refractivity (Wildman–Crippen MR) is 121 cm³/mol. The number of hydrogen-bond donors (Lipinski definition) is 2. The van der Waals surface area contributed by atoms with Crippen LogP contribution in [-0.4, -0.2) is 43.0 Å². The van der Waals surface area contributed by atoms with E-state index in [4.69, 9.17) is 4.74 Å². The van der Waals surface area contributed by atoms with Crippen molar-refractivity contribution in [1.29, 1.82) is 0 Å². The molecule has 0 saturated carbocycles. The summed E-state index contributed by atoms with van der Waals surface area (Å²) in [4.78, 5) is 25.4. The van der Waals surface area contributed by atoms with E-state index < -0.39 is 6.04 Å². The van der Waals surface area contributed by atoms with Crippen LogP contribution in [0.15, 0.2) is 53.0 Å². The Labute approximate surface area is 184 Å². The van der Waals surface area contributed by atoms with Crippen molar-refractivity contribution in [3.8, 4) is 5.75 Å². The van der Waals surface area contributed by atoms with Gasteiger partial charge in [0, 0.05) is 16.9 Å². The van der Waals surface area contributed by atoms with Crippen LogP contribution in [0.4, 0.5) is 0 Å². The Morgan fingerprint density at radius 1 is 1.21 bits per heavy atom. The van der Waals surface area contributed by atoms with Crippen molar-refractivity contribution >= 4 is 39.5 Å². The molecule has 1 heterocycles. The number of ether oxygens (including phenoxy) is 1. The van der Waals surface area contributed by atoms with Crippen LogP contribution < -0.4 is 15.4 Å². The van der Waals surface area contributed by atoms with Crippen molar-refractivity contribution in [2.75, 3.05) is 25.2 Å². The van der Waals surface area contributed by atoms with Crippen molar-refractivity contribution in [3.63, 3.8) is 0 Å². The average Bonchev–Trinajstić information content (AvgIpc) is 2.75. The van der Waals surface area contributed by atoms with Crippen LogP contribution in [0.25, 0.3) is 0 Å². The lowest BCUT2D eigenvalue weighted by molar-refractivity contribution is -0.123. The topological polar surface area (TPSA) is 67.4 Å². The Hall–Kier alpha value is -1.99. The fourth-order valence-electron chi connectivity index (χ4n) is 3.28. The molecule has 2 atom stereocenters. The SMILES string of the molecule is CSCCC(NC(=O)c1ccccc1Br)C(=O)NCC1COc2ccccc2C1. The third-order valence-electron chi connectivity index (χ3n) is 4.87. The van der Waals surface area contributed by atoms with Gasteiger partial charge < -0.3 is 15.4 Å². The molecule has 0 radical (unpaired) electrons. The Balaban J connectivity index is 1.58. The number of thioether (sulfide) groups is 1. The first-order valence-electron chi connectivity index (χ1n) is 9.61. The molecule has 1 aliphatic heterocycles. The molecule has 0 aromatic heterocycles. The zero-order valence-corrected chi connectivity index (χ0v) is 18.7. The minimum Gasteiger partial charge on any atom is -0.493 e. The van der Waals surface area contributed by atoms with Crippen LogP contribution in [0, 0.1) is 5.92 Å². The lowest BCUT2D eigenvalue weighted by atomic mass is 9.96. The molecule has 2 amide bonds. The number of amides is 2. The van der Waals surface area contributed by atoms with Crippen molar-refractivity contribution < 1.29 is 14.3 Å². The van der Waals surface area contributed by atoms with E-state index >= 15 is 0 Å². The zero-order chi connectivity index (χ0) is 20.6. The summed E-state index contributed by atoms with van der Waals surface area (Å²) >= 11 is 5.04. The number of benzene rings is 2. The van der Waals surface area contributed by atoms with Crippen molar-refractivity contribution in [1.82, 2.24) is 10.6 Å². The molecule has 2 N–H and O–H groups in total. The second-order valence-corrected chi connectivity index (χ2v) is 8.86. The van der Waals surface area contributed by atoms with Crippen molar-refractivity contribution in [2.24, 2.45) is 5.92 Å². The summed E-state index contributed by atoms with van der Waals surface area (Å²) in [7, 11) is 0. The number of halogens is 1. The molecule has 3 rings (SSSR count). The van der Waals surface area contributed by atoms with Gasteiger partial charge in [0.2, 0.25) is 5.91 Å². The third-order valence-corrected chi connectivity index (χ3v) is 6.21. The molecule has 0 spiro atoms. The van der Waals surface area contributed by atoms with E-state index in [0.29, 0.717) is 29.6 Å². The van der Waals surface area contributed by atoms with Gasteiger partial charge in [-0.2, -0.15) is 11.8 Å². The fourth-order valence-corrected chi connectivity index (χ4v) is 4.21. The van der Waals surface area contributed by atoms with E-state index in [0.717, 1.165) is 17.9 Å². The highest BCUT2D eigenvalue weighted by atomic mass is 79.9. The highest BCUT2D eigenvalue weighted by molar-refractivity contribution is 9.10. The van der Waals surface area contributed by atoms with Crippen LogP contribution in [0.1, 0.15) is 22.3 Å². The Morgan fingerprint density at radius 2 is 1.97 bits per heavy atom. The standard InChI is InChI=1S/C22H25BrN2O3S/c1-29-11-10-19(25-21(26)17-7-3-4-8-18(17)23)22(27)24-13-15-12-16-6-2-5-9-20(16)28-14-15/h2-9,15,19H,10-14H2,1H3,(H,24,27)(H,25,26). The molecule has 0 aliphatic carbocycles. The Kier molecular flexibility index (Phi) is 8.00. The minimum atomic E-state index is -0.571. The smallest absolute Gasteiger partial charge is 0.253 e. The number of nitrogens with one attached hydrogen (secondary N) is 2. The summed E-state index contributed by atoms with van der Waals surface area (Å²) in [5.74, 6) is 1.52. The number of para-hydroxylation sites is 1. The van der Waals surface area contributed by atoms with E-state index in [-0.39, 0.29) is 17.7 Å². The molecule has 29 heavy (non-hydrogen) atoms. The molecule has 2 aromatic rings. The first-order chi connectivity index (χ1) is 14.1. The highest BCUT2D eigenvalue weighted by Gasteiger charge is 2.24. The summed E-state index contributed by atoms with van der Waals surface area (Å²) in [5, 5.41) is 5.90. The molecule has 0 saturated heterocycles. The highest BCUT2D eigenvalue weighted by Crippen LogP contribution is 2.26. The summed E-state index contributed by atoms with van der Waals surface area (Å²) in [6.45, 7) is 1.10. The first kappa shape index (κ1) is 21.7. The predicted octanol–water partition coefficient (Wildman–Crippen LogP) is 3.67. The second-order valence-electron chi connectivity index (χ2n) is 7.02. The van der Waals surface area contributed by atoms with Gasteiger partial charge in [0.1, 0.15) is 11.8 Å². The zero-order valence-electron chi connectivity index (χ0n) is 16.3. The van der Waals surface area contributed by atoms with E-state index in [1.165, 1.54) is 5.56 Å². The van der Waals surface area contributed by atoms with Crippen LogP contribution in [0.5, 0.6) is 5.75 Å². The van der Waals surface area contributed by atoms with Gasteiger partial charge in [-0.05, 0) is 64.5 Å². The van der Waals surface area contributed by atoms with E-state index in [1.54, 1.807) is 23.9 Å². The van der Waals surface area contributed by atoms with E-state index in [2.05, 4.69) is 32.6 Å². The fraction of sp³-hybridized carbons (Fsp3) is 0.364. The van der Waals surface area contributed by atoms with Crippen LogP contribution in [0.3, 0.4) is 0 Å². The maximum absolute atomic E-state index is 12.8. The molecular formula is C22H25BrN2O3S. The molecule has 2 aromatic carbocycles. The molecule has 0 bridgehead atoms. The normalized spacial score (nSPS) is 16.3. The molecule has 5 nitrogen and oxygen atoms in total. The van der Waals surface area contributed by atoms with Crippen LogP contribution in [-0.2, 0) is 11.2 Å². The Bertz CT molecular complexity index is 861. The molecule has 1 aliphatic rings. The Morgan fingerprint density at radius 3 is 2.76 bits per heavy atom. The van der Waals surface area contributed by atoms with Gasteiger partial charge >= 0.3 is 0 Å². The summed E-state index contributed by atoms with van der Waals surface area (Å²) in [6.07, 6.45) is 3.43. The summed E-state index contributed by atoms with van der Waals surface area (Å²) in [5.41, 5.74) is 1.69. The van der Waals surface area contributed by atoms with Gasteiger partial charge in [-0.15, -0.1) is 0 Å². The molecular weight excluding hydrogens is 452 g/mol. The average molecular weight is 477 g/mol. The number of carbonyl (C=O) groups is 2. The molecule has 7 heteroatoms. The largest absolute Gasteiger partial charge is 0.493 e. The molecule has 0 fully saturated rings. The number of carbonyl (C=O) groups excluding carboxylic acids is 2. The van der Waals surface area contributed by atoms with Crippen LogP contribution in [0.2, 0.25) is 0 Å². The quantitative estimate of drug-likeness (QED) is 0.609. The van der Waals surface area contributed by atoms with Gasteiger partial charge in [-0.25, -0.2) is 0 Å². The van der Waals surface area contributed by atoms with Crippen molar-refractivity contribution in [3.05, 3.63) is 64.1 Å². The molecule has 154 valence electrons. The van der Waals surface area contributed by atoms with E-state index in [9.17, 15) is 9.59 Å². The maximum Gasteiger partial charge on any atom is 0.253 e. The lowest BCUT2D eigenvalue weighted by Crippen LogP contribution is -2.48. The van der Waals surface area contributed by atoms with Crippen molar-refractivity contribution in [2.45, 2.75) is 18.9 Å². The molecule has 2 unspecified atom stereocenters. The second kappa shape index (κ2) is 10.7. The van der Waals surface area contributed by atoms with Gasteiger partial charge in [0.05, 0.1) is 12.2 Å². The number of fused-ring (bicyclic) bond motifs is 1. The maximum atomic E-state index is 12.8. The minimum absolute atomic E-state index is 0.154. The van der Waals surface area contributed by atoms with Crippen LogP contribution >= 0.6 is 27.7 Å². The first-order valence-corrected chi connectivity index (χ1v) is 11.8. The van der Waals surface area contributed by atoms with Gasteiger partial charge in [-0.3, -0.25) is 9.59 Å². The summed E-state index contributed by atoms with van der Waals surface area (Å²) in [6, 6.07) is 14.6. The number of rotatable bonds is 8. The summed E-state index contributed by atoms with van der Waals surface area (Å²) < 4.78 is 6.51. The van der Waals surface area contributed by atoms with E-state index in [1.807, 2.05) is 36.6 Å². The van der Waals surface area contributed by atoms with Gasteiger partial charge in [-0.1, -0.05) is 30.3 Å². The monoisotopic (exact) mass is 476 g/mol. The lowest BCUT2D eigenvalue weighted by Gasteiger charge is -2.26.